The highest BCUT2D eigenvalue weighted by Crippen LogP contribution is 2.33. The number of hydrogen-bond acceptors (Lipinski definition) is 5. The molecule has 4 aromatic rings. The van der Waals surface area contributed by atoms with Gasteiger partial charge < -0.3 is 9.30 Å². The van der Waals surface area contributed by atoms with Crippen LogP contribution in [0, 0.1) is 5.82 Å². The fraction of sp³-hybridized carbons (Fsp3) is 0.333. The molecule has 0 aliphatic rings. The van der Waals surface area contributed by atoms with Gasteiger partial charge in [0.2, 0.25) is 0 Å². The van der Waals surface area contributed by atoms with E-state index in [9.17, 15) is 30.8 Å². The molecular formula is C30H31F4N3O4S. The normalized spacial score (nSPS) is 12.5. The summed E-state index contributed by atoms with van der Waals surface area (Å²) in [6, 6.07) is 13.2. The Morgan fingerprint density at radius 3 is 2.31 bits per heavy atom. The van der Waals surface area contributed by atoms with Crippen molar-refractivity contribution in [3.63, 3.8) is 0 Å². The number of carbonyl (C=O) groups is 1. The molecule has 7 nitrogen and oxygen atoms in total. The Labute approximate surface area is 241 Å². The lowest BCUT2D eigenvalue weighted by Crippen LogP contribution is -2.30. The molecule has 0 atom stereocenters. The number of alkyl halides is 3. The lowest BCUT2D eigenvalue weighted by atomic mass is 10.1. The number of nitrogens with zero attached hydrogens (tertiary/aromatic N) is 3. The van der Waals surface area contributed by atoms with Crippen LogP contribution in [-0.2, 0) is 45.2 Å². The van der Waals surface area contributed by atoms with E-state index in [1.165, 1.54) is 24.3 Å². The predicted molar refractivity (Wildman–Crippen MR) is 151 cm³/mol. The van der Waals surface area contributed by atoms with Crippen LogP contribution >= 0.6 is 0 Å². The monoisotopic (exact) mass is 605 g/mol. The minimum absolute atomic E-state index is 0.0951. The number of carbonyl (C=O) groups excluding carboxylic acids is 1. The summed E-state index contributed by atoms with van der Waals surface area (Å²) in [6.45, 7) is 6.69. The fourth-order valence-electron chi connectivity index (χ4n) is 4.48. The number of ether oxygens (including phenoxy) is 1. The van der Waals surface area contributed by atoms with Gasteiger partial charge in [0.05, 0.1) is 33.7 Å². The average Bonchev–Trinajstić information content (AvgIpc) is 3.22. The summed E-state index contributed by atoms with van der Waals surface area (Å²) >= 11 is 0. The quantitative estimate of drug-likeness (QED) is 0.153. The Morgan fingerprint density at radius 1 is 1.00 bits per heavy atom. The number of rotatable bonds is 9. The van der Waals surface area contributed by atoms with Gasteiger partial charge in [0.25, 0.3) is 10.0 Å². The maximum atomic E-state index is 13.8. The zero-order chi connectivity index (χ0) is 30.9. The third-order valence-electron chi connectivity index (χ3n) is 6.26. The van der Waals surface area contributed by atoms with Gasteiger partial charge in [0.1, 0.15) is 23.8 Å². The van der Waals surface area contributed by atoms with Crippen LogP contribution < -0.4 is 4.31 Å². The standard InChI is InChI=1S/C30H31F4N3O4S/c1-5-7-27-35-25-17-23(12-15-26(25)36(27)19-28(38)41-29(2,3)4)37(42(39,40)24-13-10-22(31)11-14-24)18-20-8-6-9-21(16-20)30(32,33)34/h6,8-17H,5,7,18-19H2,1-4H3. The van der Waals surface area contributed by atoms with Gasteiger partial charge >= 0.3 is 12.1 Å². The van der Waals surface area contributed by atoms with E-state index in [-0.39, 0.29) is 22.7 Å². The number of imidazole rings is 1. The predicted octanol–water partition coefficient (Wildman–Crippen LogP) is 6.88. The van der Waals surface area contributed by atoms with E-state index in [1.54, 1.807) is 31.4 Å². The summed E-state index contributed by atoms with van der Waals surface area (Å²) in [5.74, 6) is -0.506. The molecule has 1 aromatic heterocycles. The SMILES string of the molecule is CCCc1nc2cc(N(Cc3cccc(C(F)(F)F)c3)S(=O)(=O)c3ccc(F)cc3)ccc2n1CC(=O)OC(C)(C)C. The van der Waals surface area contributed by atoms with Crippen LogP contribution in [-0.4, -0.2) is 29.5 Å². The van der Waals surface area contributed by atoms with Crippen LogP contribution in [0.5, 0.6) is 0 Å². The van der Waals surface area contributed by atoms with Gasteiger partial charge in [-0.1, -0.05) is 19.1 Å². The molecule has 0 radical (unpaired) electrons. The first-order valence-corrected chi connectivity index (χ1v) is 14.7. The van der Waals surface area contributed by atoms with E-state index in [2.05, 4.69) is 4.98 Å². The second-order valence-corrected chi connectivity index (χ2v) is 12.6. The largest absolute Gasteiger partial charge is 0.459 e. The number of hydrogen-bond donors (Lipinski definition) is 0. The Kier molecular flexibility index (Phi) is 8.68. The third kappa shape index (κ3) is 7.10. The molecule has 42 heavy (non-hydrogen) atoms. The summed E-state index contributed by atoms with van der Waals surface area (Å²) in [5, 5.41) is 0. The van der Waals surface area contributed by atoms with E-state index < -0.39 is 45.7 Å². The Morgan fingerprint density at radius 2 is 1.69 bits per heavy atom. The summed E-state index contributed by atoms with van der Waals surface area (Å²) < 4.78 is 89.6. The highest BCUT2D eigenvalue weighted by atomic mass is 32.2. The molecule has 0 aliphatic heterocycles. The fourth-order valence-corrected chi connectivity index (χ4v) is 5.92. The molecule has 1 heterocycles. The van der Waals surface area contributed by atoms with Gasteiger partial charge in [-0.3, -0.25) is 9.10 Å². The first kappa shape index (κ1) is 31.0. The van der Waals surface area contributed by atoms with Crippen molar-refractivity contribution in [1.82, 2.24) is 9.55 Å². The molecule has 0 saturated heterocycles. The second-order valence-electron chi connectivity index (χ2n) is 10.8. The summed E-state index contributed by atoms with van der Waals surface area (Å²) in [6.07, 6.45) is -3.36. The Hall–Kier alpha value is -3.93. The number of halogens is 4. The topological polar surface area (TPSA) is 81.5 Å². The molecule has 0 saturated carbocycles. The van der Waals surface area contributed by atoms with E-state index in [1.807, 2.05) is 6.92 Å². The number of benzene rings is 3. The number of anilines is 1. The van der Waals surface area contributed by atoms with Gasteiger partial charge in [-0.05, 0) is 87.4 Å². The zero-order valence-electron chi connectivity index (χ0n) is 23.6. The molecule has 0 aliphatic carbocycles. The first-order chi connectivity index (χ1) is 19.6. The smallest absolute Gasteiger partial charge is 0.416 e. The minimum atomic E-state index is -4.62. The van der Waals surface area contributed by atoms with Gasteiger partial charge in [-0.15, -0.1) is 0 Å². The lowest BCUT2D eigenvalue weighted by Gasteiger charge is -2.25. The van der Waals surface area contributed by atoms with Crippen molar-refractivity contribution in [1.29, 1.82) is 0 Å². The van der Waals surface area contributed by atoms with Crippen LogP contribution in [0.1, 0.15) is 51.1 Å². The van der Waals surface area contributed by atoms with Crippen molar-refractivity contribution in [3.8, 4) is 0 Å². The van der Waals surface area contributed by atoms with Crippen LogP contribution in [0.25, 0.3) is 11.0 Å². The second kappa shape index (κ2) is 11.7. The molecule has 0 spiro atoms. The van der Waals surface area contributed by atoms with Crippen molar-refractivity contribution in [3.05, 3.63) is 89.5 Å². The number of aromatic nitrogens is 2. The summed E-state index contributed by atoms with van der Waals surface area (Å²) in [7, 11) is -4.36. The van der Waals surface area contributed by atoms with Gasteiger partial charge in [-0.25, -0.2) is 17.8 Å². The van der Waals surface area contributed by atoms with Crippen LogP contribution in [0.15, 0.2) is 71.6 Å². The van der Waals surface area contributed by atoms with E-state index >= 15 is 0 Å². The molecule has 0 amide bonds. The van der Waals surface area contributed by atoms with Crippen LogP contribution in [0.3, 0.4) is 0 Å². The number of sulfonamides is 1. The number of fused-ring (bicyclic) bond motifs is 1. The van der Waals surface area contributed by atoms with Crippen molar-refractivity contribution in [2.24, 2.45) is 0 Å². The maximum Gasteiger partial charge on any atom is 0.416 e. The molecular weight excluding hydrogens is 574 g/mol. The Bertz CT molecular complexity index is 1690. The molecule has 0 fully saturated rings. The average molecular weight is 606 g/mol. The van der Waals surface area contributed by atoms with Gasteiger partial charge in [-0.2, -0.15) is 13.2 Å². The first-order valence-electron chi connectivity index (χ1n) is 13.2. The molecule has 0 bridgehead atoms. The number of esters is 1. The zero-order valence-corrected chi connectivity index (χ0v) is 24.4. The van der Waals surface area contributed by atoms with E-state index in [0.717, 1.165) is 47.1 Å². The number of aryl methyl sites for hydroxylation is 1. The van der Waals surface area contributed by atoms with Crippen molar-refractivity contribution >= 4 is 32.7 Å². The highest BCUT2D eigenvalue weighted by molar-refractivity contribution is 7.92. The lowest BCUT2D eigenvalue weighted by molar-refractivity contribution is -0.155. The molecule has 0 unspecified atom stereocenters. The molecule has 12 heteroatoms. The molecule has 3 aromatic carbocycles. The van der Waals surface area contributed by atoms with Crippen LogP contribution in [0.4, 0.5) is 23.2 Å². The maximum absolute atomic E-state index is 13.8. The molecule has 224 valence electrons. The molecule has 4 rings (SSSR count). The van der Waals surface area contributed by atoms with Crippen LogP contribution in [0.2, 0.25) is 0 Å². The third-order valence-corrected chi connectivity index (χ3v) is 8.05. The molecule has 0 N–H and O–H groups in total. The van der Waals surface area contributed by atoms with E-state index in [4.69, 9.17) is 4.74 Å². The Balaban J connectivity index is 1.82. The van der Waals surface area contributed by atoms with Crippen molar-refractivity contribution < 1.29 is 35.5 Å². The van der Waals surface area contributed by atoms with Crippen molar-refractivity contribution in [2.45, 2.75) is 70.3 Å². The van der Waals surface area contributed by atoms with Gasteiger partial charge in [0.15, 0.2) is 0 Å². The summed E-state index contributed by atoms with van der Waals surface area (Å²) in [5.41, 5.74) is -0.426. The minimum Gasteiger partial charge on any atom is -0.459 e. The highest BCUT2D eigenvalue weighted by Gasteiger charge is 2.32. The van der Waals surface area contributed by atoms with Gasteiger partial charge in [0, 0.05) is 6.42 Å². The summed E-state index contributed by atoms with van der Waals surface area (Å²) in [4.78, 5) is 17.1. The van der Waals surface area contributed by atoms with E-state index in [0.29, 0.717) is 23.3 Å². The van der Waals surface area contributed by atoms with Crippen molar-refractivity contribution in [2.75, 3.05) is 4.31 Å².